The minimum atomic E-state index is -0.971. The first kappa shape index (κ1) is 19.0. The summed E-state index contributed by atoms with van der Waals surface area (Å²) in [5.74, 6) is -0.971. The van der Waals surface area contributed by atoms with Crippen LogP contribution in [0, 0.1) is 5.41 Å². The molecule has 4 N–H and O–H groups in total. The van der Waals surface area contributed by atoms with Gasteiger partial charge in [0.2, 0.25) is 0 Å². The molecule has 0 saturated heterocycles. The molecule has 6 nitrogen and oxygen atoms in total. The lowest BCUT2D eigenvalue weighted by molar-refractivity contribution is 0.0697. The highest BCUT2D eigenvalue weighted by Crippen LogP contribution is 2.29. The Morgan fingerprint density at radius 3 is 2.17 bits per heavy atom. The predicted molar refractivity (Wildman–Crippen MR) is 88.4 cm³/mol. The third-order valence-corrected chi connectivity index (χ3v) is 4.42. The van der Waals surface area contributed by atoms with E-state index < -0.39 is 5.97 Å². The van der Waals surface area contributed by atoms with Gasteiger partial charge in [-0.2, -0.15) is 0 Å². The fraction of sp³-hybridized carbons (Fsp3) is 0.529. The second kappa shape index (κ2) is 9.15. The minimum absolute atomic E-state index is 0.0742. The molecule has 0 radical (unpaired) electrons. The van der Waals surface area contributed by atoms with Gasteiger partial charge in [-0.1, -0.05) is 26.0 Å². The van der Waals surface area contributed by atoms with Crippen LogP contribution < -0.4 is 10.6 Å². The molecule has 0 heterocycles. The molecule has 0 aliphatic heterocycles. The number of carbonyl (C=O) groups excluding carboxylic acids is 1. The van der Waals surface area contributed by atoms with Crippen LogP contribution in [0.2, 0.25) is 0 Å². The maximum atomic E-state index is 11.9. The van der Waals surface area contributed by atoms with Crippen LogP contribution in [-0.4, -0.2) is 35.4 Å². The van der Waals surface area contributed by atoms with Gasteiger partial charge in [-0.3, -0.25) is 0 Å². The number of nitrogens with one attached hydrogen (secondary N) is 2. The molecule has 1 aromatic carbocycles. The molecule has 0 atom stereocenters. The second-order valence-electron chi connectivity index (χ2n) is 5.72. The summed E-state index contributed by atoms with van der Waals surface area (Å²) in [5.41, 5.74) is 0.977. The van der Waals surface area contributed by atoms with Gasteiger partial charge in [-0.05, 0) is 42.4 Å². The molecule has 0 spiro atoms. The van der Waals surface area contributed by atoms with Gasteiger partial charge in [-0.15, -0.1) is 0 Å². The molecule has 128 valence electrons. The fourth-order valence-corrected chi connectivity index (χ4v) is 2.46. The van der Waals surface area contributed by atoms with E-state index in [2.05, 4.69) is 24.5 Å². The summed E-state index contributed by atoms with van der Waals surface area (Å²) >= 11 is 0. The average Bonchev–Trinajstić information content (AvgIpc) is 2.57. The molecular weight excluding hydrogens is 296 g/mol. The number of carbonyl (C=O) groups is 2. The van der Waals surface area contributed by atoms with Crippen molar-refractivity contribution in [3.63, 3.8) is 0 Å². The van der Waals surface area contributed by atoms with Gasteiger partial charge in [0, 0.05) is 19.7 Å². The summed E-state index contributed by atoms with van der Waals surface area (Å²) in [6, 6.07) is 6.11. The Kier molecular flexibility index (Phi) is 7.54. The van der Waals surface area contributed by atoms with Crippen molar-refractivity contribution >= 4 is 12.0 Å². The quantitative estimate of drug-likeness (QED) is 0.561. The van der Waals surface area contributed by atoms with Crippen molar-refractivity contribution in [3.8, 4) is 0 Å². The van der Waals surface area contributed by atoms with E-state index >= 15 is 0 Å². The molecule has 0 aliphatic rings. The summed E-state index contributed by atoms with van der Waals surface area (Å²) in [4.78, 5) is 22.7. The highest BCUT2D eigenvalue weighted by atomic mass is 16.4. The molecule has 0 saturated carbocycles. The summed E-state index contributed by atoms with van der Waals surface area (Å²) in [6.07, 6.45) is 2.44. The van der Waals surface area contributed by atoms with Crippen LogP contribution in [0.25, 0.3) is 0 Å². The van der Waals surface area contributed by atoms with Gasteiger partial charge in [-0.25, -0.2) is 9.59 Å². The highest BCUT2D eigenvalue weighted by molar-refractivity contribution is 5.87. The minimum Gasteiger partial charge on any atom is -0.478 e. The monoisotopic (exact) mass is 322 g/mol. The van der Waals surface area contributed by atoms with Gasteiger partial charge in [0.1, 0.15) is 0 Å². The number of urea groups is 1. The van der Waals surface area contributed by atoms with Crippen molar-refractivity contribution in [1.82, 2.24) is 10.6 Å². The number of carboxylic acids is 1. The molecule has 0 aliphatic carbocycles. The van der Waals surface area contributed by atoms with Crippen molar-refractivity contribution < 1.29 is 19.8 Å². The maximum Gasteiger partial charge on any atom is 0.335 e. The zero-order valence-corrected chi connectivity index (χ0v) is 13.8. The number of benzene rings is 1. The smallest absolute Gasteiger partial charge is 0.335 e. The van der Waals surface area contributed by atoms with Crippen molar-refractivity contribution in [1.29, 1.82) is 0 Å². The van der Waals surface area contributed by atoms with E-state index in [1.54, 1.807) is 12.1 Å². The molecular formula is C17H26N2O4. The normalized spacial score (nSPS) is 11.1. The number of rotatable bonds is 9. The fourth-order valence-electron chi connectivity index (χ4n) is 2.46. The van der Waals surface area contributed by atoms with E-state index in [0.717, 1.165) is 18.4 Å². The average molecular weight is 322 g/mol. The Balaban J connectivity index is 2.46. The van der Waals surface area contributed by atoms with E-state index in [0.29, 0.717) is 19.5 Å². The predicted octanol–water partition coefficient (Wildman–Crippen LogP) is 2.37. The van der Waals surface area contributed by atoms with Crippen LogP contribution in [0.4, 0.5) is 4.79 Å². The lowest BCUT2D eigenvalue weighted by atomic mass is 9.79. The van der Waals surface area contributed by atoms with Gasteiger partial charge in [0.15, 0.2) is 0 Å². The van der Waals surface area contributed by atoms with E-state index in [4.69, 9.17) is 5.11 Å². The van der Waals surface area contributed by atoms with Crippen LogP contribution in [0.5, 0.6) is 0 Å². The zero-order chi connectivity index (χ0) is 17.3. The van der Waals surface area contributed by atoms with Crippen molar-refractivity contribution in [3.05, 3.63) is 35.4 Å². The van der Waals surface area contributed by atoms with Gasteiger partial charge < -0.3 is 20.8 Å². The zero-order valence-electron chi connectivity index (χ0n) is 13.8. The Morgan fingerprint density at radius 2 is 1.70 bits per heavy atom. The SMILES string of the molecule is CCC(CC)(CCO)CNC(=O)NCc1ccc(C(=O)O)cc1. The van der Waals surface area contributed by atoms with Crippen LogP contribution in [0.3, 0.4) is 0 Å². The Bertz CT molecular complexity index is 510. The lowest BCUT2D eigenvalue weighted by Gasteiger charge is -2.31. The van der Waals surface area contributed by atoms with Crippen molar-refractivity contribution in [2.24, 2.45) is 5.41 Å². The standard InChI is InChI=1S/C17H26N2O4/c1-3-17(4-2,9-10-20)12-19-16(23)18-11-13-5-7-14(8-6-13)15(21)22/h5-8,20H,3-4,9-12H2,1-2H3,(H,21,22)(H2,18,19,23). The van der Waals surface area contributed by atoms with Crippen molar-refractivity contribution in [2.75, 3.05) is 13.2 Å². The first-order valence-electron chi connectivity index (χ1n) is 7.91. The van der Waals surface area contributed by atoms with E-state index in [-0.39, 0.29) is 23.6 Å². The summed E-state index contributed by atoms with van der Waals surface area (Å²) < 4.78 is 0. The second-order valence-corrected chi connectivity index (χ2v) is 5.72. The molecule has 23 heavy (non-hydrogen) atoms. The number of hydrogen-bond acceptors (Lipinski definition) is 3. The van der Waals surface area contributed by atoms with Crippen LogP contribution in [0.15, 0.2) is 24.3 Å². The van der Waals surface area contributed by atoms with Crippen molar-refractivity contribution in [2.45, 2.75) is 39.7 Å². The number of aromatic carboxylic acids is 1. The van der Waals surface area contributed by atoms with Crippen LogP contribution >= 0.6 is 0 Å². The molecule has 0 unspecified atom stereocenters. The summed E-state index contributed by atoms with van der Waals surface area (Å²) in [5, 5.41) is 23.6. The molecule has 1 aromatic rings. The van der Waals surface area contributed by atoms with Crippen LogP contribution in [-0.2, 0) is 6.54 Å². The number of amides is 2. The van der Waals surface area contributed by atoms with Gasteiger partial charge in [0.25, 0.3) is 0 Å². The maximum absolute atomic E-state index is 11.9. The molecule has 0 fully saturated rings. The summed E-state index contributed by atoms with van der Waals surface area (Å²) in [7, 11) is 0. The third-order valence-electron chi connectivity index (χ3n) is 4.42. The Labute approximate surface area is 136 Å². The van der Waals surface area contributed by atoms with Crippen LogP contribution in [0.1, 0.15) is 49.0 Å². The van der Waals surface area contributed by atoms with Gasteiger partial charge in [0.05, 0.1) is 5.56 Å². The topological polar surface area (TPSA) is 98.7 Å². The number of aliphatic hydroxyl groups is 1. The molecule has 6 heteroatoms. The third kappa shape index (κ3) is 5.90. The number of aliphatic hydroxyl groups excluding tert-OH is 1. The highest BCUT2D eigenvalue weighted by Gasteiger charge is 2.25. The van der Waals surface area contributed by atoms with E-state index in [9.17, 15) is 14.7 Å². The molecule has 2 amide bonds. The number of carboxylic acid groups (broad SMARTS) is 1. The largest absolute Gasteiger partial charge is 0.478 e. The first-order valence-corrected chi connectivity index (χ1v) is 7.91. The molecule has 1 rings (SSSR count). The molecule has 0 bridgehead atoms. The Morgan fingerprint density at radius 1 is 1.09 bits per heavy atom. The lowest BCUT2D eigenvalue weighted by Crippen LogP contribution is -2.42. The van der Waals surface area contributed by atoms with E-state index in [1.165, 1.54) is 12.1 Å². The summed E-state index contributed by atoms with van der Waals surface area (Å²) in [6.45, 7) is 5.08. The first-order chi connectivity index (χ1) is 11.0. The number of hydrogen-bond donors (Lipinski definition) is 4. The van der Waals surface area contributed by atoms with Gasteiger partial charge >= 0.3 is 12.0 Å². The van der Waals surface area contributed by atoms with E-state index in [1.807, 2.05) is 0 Å². The Hall–Kier alpha value is -2.08. The molecule has 0 aromatic heterocycles.